The van der Waals surface area contributed by atoms with Gasteiger partial charge in [-0.1, -0.05) is 0 Å². The first-order valence-corrected chi connectivity index (χ1v) is 7.48. The van der Waals surface area contributed by atoms with Gasteiger partial charge in [-0.25, -0.2) is 13.6 Å². The van der Waals surface area contributed by atoms with Gasteiger partial charge in [0.25, 0.3) is 0 Å². The molecule has 1 heterocycles. The van der Waals surface area contributed by atoms with E-state index in [1.54, 1.807) is 0 Å². The molecule has 0 aromatic heterocycles. The SMILES string of the molecule is O=C(OCc1cc(F)cc2c1OCOC2)c1cc(F)ccc1Br. The Morgan fingerprint density at radius 2 is 2.04 bits per heavy atom. The van der Waals surface area contributed by atoms with Gasteiger partial charge >= 0.3 is 5.97 Å². The van der Waals surface area contributed by atoms with Crippen molar-refractivity contribution in [1.82, 2.24) is 0 Å². The summed E-state index contributed by atoms with van der Waals surface area (Å²) >= 11 is 3.16. The summed E-state index contributed by atoms with van der Waals surface area (Å²) in [4.78, 5) is 12.1. The second-order valence-electron chi connectivity index (χ2n) is 4.86. The van der Waals surface area contributed by atoms with Crippen LogP contribution in [0, 0.1) is 11.6 Å². The lowest BCUT2D eigenvalue weighted by Crippen LogP contribution is -2.15. The third-order valence-corrected chi connectivity index (χ3v) is 3.95. The molecule has 0 aliphatic carbocycles. The van der Waals surface area contributed by atoms with Gasteiger partial charge in [0.15, 0.2) is 6.79 Å². The molecule has 23 heavy (non-hydrogen) atoms. The molecule has 120 valence electrons. The second-order valence-corrected chi connectivity index (χ2v) is 5.72. The van der Waals surface area contributed by atoms with Crippen LogP contribution in [0.2, 0.25) is 0 Å². The zero-order chi connectivity index (χ0) is 16.4. The van der Waals surface area contributed by atoms with E-state index in [0.29, 0.717) is 21.3 Å². The third-order valence-electron chi connectivity index (χ3n) is 3.26. The van der Waals surface area contributed by atoms with E-state index in [9.17, 15) is 13.6 Å². The fourth-order valence-electron chi connectivity index (χ4n) is 2.24. The Morgan fingerprint density at radius 1 is 1.22 bits per heavy atom. The van der Waals surface area contributed by atoms with Gasteiger partial charge in [-0.05, 0) is 46.3 Å². The summed E-state index contributed by atoms with van der Waals surface area (Å²) in [5.41, 5.74) is 0.998. The normalized spacial score (nSPS) is 13.2. The number of ether oxygens (including phenoxy) is 3. The third kappa shape index (κ3) is 3.51. The van der Waals surface area contributed by atoms with Crippen molar-refractivity contribution in [2.24, 2.45) is 0 Å². The molecule has 1 aliphatic heterocycles. The van der Waals surface area contributed by atoms with Crippen LogP contribution in [0.5, 0.6) is 5.75 Å². The lowest BCUT2D eigenvalue weighted by molar-refractivity contribution is -0.0183. The summed E-state index contributed by atoms with van der Waals surface area (Å²) < 4.78 is 42.8. The van der Waals surface area contributed by atoms with Crippen molar-refractivity contribution in [3.63, 3.8) is 0 Å². The molecule has 3 rings (SSSR count). The fourth-order valence-corrected chi connectivity index (χ4v) is 2.65. The van der Waals surface area contributed by atoms with Crippen LogP contribution in [-0.4, -0.2) is 12.8 Å². The molecule has 0 fully saturated rings. The smallest absolute Gasteiger partial charge is 0.339 e. The molecule has 0 amide bonds. The Labute approximate surface area is 139 Å². The molecule has 0 saturated carbocycles. The standard InChI is InChI=1S/C16H11BrF2O4/c17-14-2-1-11(18)5-13(14)16(20)22-7-10-4-12(19)3-9-6-21-8-23-15(9)10/h1-5H,6-8H2. The summed E-state index contributed by atoms with van der Waals surface area (Å²) in [7, 11) is 0. The summed E-state index contributed by atoms with van der Waals surface area (Å²) in [5, 5.41) is 0. The van der Waals surface area contributed by atoms with Gasteiger partial charge in [-0.3, -0.25) is 0 Å². The van der Waals surface area contributed by atoms with E-state index in [1.165, 1.54) is 24.3 Å². The van der Waals surface area contributed by atoms with Gasteiger partial charge in [-0.2, -0.15) is 0 Å². The van der Waals surface area contributed by atoms with Crippen LogP contribution >= 0.6 is 15.9 Å². The average molecular weight is 385 g/mol. The van der Waals surface area contributed by atoms with Crippen LogP contribution in [0.25, 0.3) is 0 Å². The average Bonchev–Trinajstić information content (AvgIpc) is 2.54. The zero-order valence-electron chi connectivity index (χ0n) is 11.8. The van der Waals surface area contributed by atoms with Crippen LogP contribution in [-0.2, 0) is 22.7 Å². The van der Waals surface area contributed by atoms with E-state index in [-0.39, 0.29) is 25.6 Å². The van der Waals surface area contributed by atoms with Crippen LogP contribution in [0.4, 0.5) is 8.78 Å². The maximum absolute atomic E-state index is 13.6. The van der Waals surface area contributed by atoms with Crippen molar-refractivity contribution in [3.8, 4) is 5.75 Å². The number of esters is 1. The maximum atomic E-state index is 13.6. The Balaban J connectivity index is 1.79. The first kappa shape index (κ1) is 15.9. The van der Waals surface area contributed by atoms with Crippen molar-refractivity contribution in [2.45, 2.75) is 13.2 Å². The molecule has 2 aromatic carbocycles. The molecule has 1 aliphatic rings. The summed E-state index contributed by atoms with van der Waals surface area (Å²) in [6.45, 7) is 0.0837. The van der Waals surface area contributed by atoms with Gasteiger partial charge in [0.2, 0.25) is 0 Å². The van der Waals surface area contributed by atoms with Gasteiger partial charge in [0.1, 0.15) is 24.0 Å². The zero-order valence-corrected chi connectivity index (χ0v) is 13.4. The summed E-state index contributed by atoms with van der Waals surface area (Å²) in [6.07, 6.45) is 0. The van der Waals surface area contributed by atoms with Gasteiger partial charge in [0.05, 0.1) is 12.2 Å². The number of rotatable bonds is 3. The molecule has 4 nitrogen and oxygen atoms in total. The van der Waals surface area contributed by atoms with Crippen LogP contribution in [0.15, 0.2) is 34.8 Å². The molecule has 0 N–H and O–H groups in total. The Morgan fingerprint density at radius 3 is 2.87 bits per heavy atom. The molecular formula is C16H11BrF2O4. The number of hydrogen-bond acceptors (Lipinski definition) is 4. The predicted octanol–water partition coefficient (Wildman–Crippen LogP) is 3.95. The highest BCUT2D eigenvalue weighted by molar-refractivity contribution is 9.10. The Kier molecular flexibility index (Phi) is 4.58. The van der Waals surface area contributed by atoms with E-state index < -0.39 is 17.6 Å². The highest BCUT2D eigenvalue weighted by Crippen LogP contribution is 2.30. The second kappa shape index (κ2) is 6.64. The van der Waals surface area contributed by atoms with Crippen molar-refractivity contribution < 1.29 is 27.8 Å². The minimum atomic E-state index is -0.721. The van der Waals surface area contributed by atoms with E-state index in [2.05, 4.69) is 15.9 Å². The minimum absolute atomic E-state index is 0.0506. The summed E-state index contributed by atoms with van der Waals surface area (Å²) in [5.74, 6) is -1.30. The quantitative estimate of drug-likeness (QED) is 0.751. The van der Waals surface area contributed by atoms with Crippen LogP contribution in [0.3, 0.4) is 0 Å². The molecular weight excluding hydrogens is 374 g/mol. The van der Waals surface area contributed by atoms with Crippen molar-refractivity contribution in [3.05, 3.63) is 63.1 Å². The molecule has 0 saturated heterocycles. The molecule has 0 unspecified atom stereocenters. The number of carbonyl (C=O) groups excluding carboxylic acids is 1. The van der Waals surface area contributed by atoms with E-state index >= 15 is 0 Å². The maximum Gasteiger partial charge on any atom is 0.339 e. The highest BCUT2D eigenvalue weighted by Gasteiger charge is 2.19. The predicted molar refractivity (Wildman–Crippen MR) is 79.9 cm³/mol. The molecule has 0 atom stereocenters. The topological polar surface area (TPSA) is 44.8 Å². The number of fused-ring (bicyclic) bond motifs is 1. The monoisotopic (exact) mass is 384 g/mol. The van der Waals surface area contributed by atoms with E-state index in [1.807, 2.05) is 0 Å². The van der Waals surface area contributed by atoms with E-state index in [0.717, 1.165) is 6.07 Å². The molecule has 0 radical (unpaired) electrons. The number of carbonyl (C=O) groups is 1. The molecule has 0 spiro atoms. The largest absolute Gasteiger partial charge is 0.467 e. The molecule has 7 heteroatoms. The Hall–Kier alpha value is -1.99. The lowest BCUT2D eigenvalue weighted by Gasteiger charge is -2.20. The van der Waals surface area contributed by atoms with Gasteiger partial charge < -0.3 is 14.2 Å². The van der Waals surface area contributed by atoms with Gasteiger partial charge in [-0.15, -0.1) is 0 Å². The Bertz CT molecular complexity index is 764. The molecule has 2 aromatic rings. The summed E-state index contributed by atoms with van der Waals surface area (Å²) in [6, 6.07) is 6.24. The number of halogens is 3. The lowest BCUT2D eigenvalue weighted by atomic mass is 10.1. The van der Waals surface area contributed by atoms with Gasteiger partial charge in [0, 0.05) is 15.6 Å². The van der Waals surface area contributed by atoms with Crippen molar-refractivity contribution >= 4 is 21.9 Å². The first-order chi connectivity index (χ1) is 11.0. The first-order valence-electron chi connectivity index (χ1n) is 6.68. The van der Waals surface area contributed by atoms with Crippen molar-refractivity contribution in [2.75, 3.05) is 6.79 Å². The fraction of sp³-hybridized carbons (Fsp3) is 0.188. The minimum Gasteiger partial charge on any atom is -0.467 e. The number of hydrogen-bond donors (Lipinski definition) is 0. The molecule has 0 bridgehead atoms. The highest BCUT2D eigenvalue weighted by atomic mass is 79.9. The van der Waals surface area contributed by atoms with Crippen LogP contribution in [0.1, 0.15) is 21.5 Å². The van der Waals surface area contributed by atoms with E-state index in [4.69, 9.17) is 14.2 Å². The van der Waals surface area contributed by atoms with Crippen molar-refractivity contribution in [1.29, 1.82) is 0 Å². The number of benzene rings is 2. The van der Waals surface area contributed by atoms with Crippen LogP contribution < -0.4 is 4.74 Å².